The van der Waals surface area contributed by atoms with Crippen molar-refractivity contribution in [2.45, 2.75) is 0 Å². The highest BCUT2D eigenvalue weighted by atomic mass is 15.1. The Bertz CT molecular complexity index is 1210. The van der Waals surface area contributed by atoms with Crippen molar-refractivity contribution in [3.63, 3.8) is 0 Å². The van der Waals surface area contributed by atoms with E-state index in [0.717, 1.165) is 28.4 Å². The fraction of sp³-hybridized carbons (Fsp3) is 0. The summed E-state index contributed by atoms with van der Waals surface area (Å²) in [5.74, 6) is 0. The molecule has 0 atom stereocenters. The maximum Gasteiger partial charge on any atom is 0.0540 e. The summed E-state index contributed by atoms with van der Waals surface area (Å²) in [6.07, 6.45) is 0. The predicted octanol–water partition coefficient (Wildman–Crippen LogP) is 8.05. The maximum atomic E-state index is 3.57. The average Bonchev–Trinajstić information content (AvgIpc) is 2.82. The molecule has 0 radical (unpaired) electrons. The van der Waals surface area contributed by atoms with Crippen molar-refractivity contribution in [1.29, 1.82) is 0 Å². The molecule has 5 aromatic carbocycles. The van der Waals surface area contributed by atoms with Gasteiger partial charge in [0.25, 0.3) is 0 Å². The first-order chi connectivity index (χ1) is 14.9. The van der Waals surface area contributed by atoms with Crippen LogP contribution in [0, 0.1) is 0 Å². The summed E-state index contributed by atoms with van der Waals surface area (Å²) in [7, 11) is 0. The van der Waals surface area contributed by atoms with E-state index in [1.165, 1.54) is 10.8 Å². The Morgan fingerprint density at radius 3 is 1.60 bits per heavy atom. The number of rotatable bonds is 5. The van der Waals surface area contributed by atoms with Gasteiger partial charge >= 0.3 is 0 Å². The first kappa shape index (κ1) is 18.0. The second-order valence-electron chi connectivity index (χ2n) is 7.18. The molecule has 30 heavy (non-hydrogen) atoms. The summed E-state index contributed by atoms with van der Waals surface area (Å²) in [5.41, 5.74) is 5.61. The van der Waals surface area contributed by atoms with Crippen molar-refractivity contribution in [3.05, 3.63) is 127 Å². The van der Waals surface area contributed by atoms with Gasteiger partial charge in [-0.1, -0.05) is 78.9 Å². The number of nitrogens with zero attached hydrogens (tertiary/aromatic N) is 1. The smallest absolute Gasteiger partial charge is 0.0540 e. The van der Waals surface area contributed by atoms with Crippen LogP contribution < -0.4 is 10.2 Å². The SMILES string of the molecule is c1ccc(Nc2cccc3c(N(c4ccccc4)c4ccccc4)cccc23)cc1. The lowest BCUT2D eigenvalue weighted by atomic mass is 10.0. The van der Waals surface area contributed by atoms with Gasteiger partial charge in [-0.15, -0.1) is 0 Å². The van der Waals surface area contributed by atoms with E-state index in [1.54, 1.807) is 0 Å². The highest BCUT2D eigenvalue weighted by molar-refractivity contribution is 6.05. The molecule has 5 rings (SSSR count). The van der Waals surface area contributed by atoms with E-state index in [0.29, 0.717) is 0 Å². The van der Waals surface area contributed by atoms with E-state index < -0.39 is 0 Å². The summed E-state index contributed by atoms with van der Waals surface area (Å²) in [5, 5.41) is 5.96. The molecule has 1 N–H and O–H groups in total. The van der Waals surface area contributed by atoms with Crippen LogP contribution in [0.2, 0.25) is 0 Å². The third kappa shape index (κ3) is 3.51. The van der Waals surface area contributed by atoms with E-state index in [9.17, 15) is 0 Å². The predicted molar refractivity (Wildman–Crippen MR) is 128 cm³/mol. The molecular weight excluding hydrogens is 364 g/mol. The van der Waals surface area contributed by atoms with Crippen LogP contribution in [0.3, 0.4) is 0 Å². The zero-order valence-electron chi connectivity index (χ0n) is 16.6. The molecule has 0 fully saturated rings. The second kappa shape index (κ2) is 8.14. The molecule has 2 nitrogen and oxygen atoms in total. The van der Waals surface area contributed by atoms with Crippen molar-refractivity contribution in [2.24, 2.45) is 0 Å². The van der Waals surface area contributed by atoms with Gasteiger partial charge < -0.3 is 10.2 Å². The van der Waals surface area contributed by atoms with Gasteiger partial charge in [-0.05, 0) is 48.5 Å². The van der Waals surface area contributed by atoms with Crippen LogP contribution in [0.5, 0.6) is 0 Å². The van der Waals surface area contributed by atoms with Crippen LogP contribution in [0.15, 0.2) is 127 Å². The molecular formula is C28H22N2. The third-order valence-corrected chi connectivity index (χ3v) is 5.22. The van der Waals surface area contributed by atoms with Gasteiger partial charge in [0.2, 0.25) is 0 Å². The fourth-order valence-corrected chi connectivity index (χ4v) is 3.86. The first-order valence-corrected chi connectivity index (χ1v) is 10.1. The van der Waals surface area contributed by atoms with Crippen molar-refractivity contribution >= 4 is 39.2 Å². The number of nitrogens with one attached hydrogen (secondary N) is 1. The number of benzene rings is 5. The summed E-state index contributed by atoms with van der Waals surface area (Å²) < 4.78 is 0. The highest BCUT2D eigenvalue weighted by Crippen LogP contribution is 2.40. The standard InChI is InChI=1S/C28H22N2/c1-4-12-22(13-5-1)29-27-20-10-19-26-25(27)18-11-21-28(26)30(23-14-6-2-7-15-23)24-16-8-3-9-17-24/h1-21,29H. The Balaban J connectivity index is 1.68. The van der Waals surface area contributed by atoms with Crippen LogP contribution in [0.4, 0.5) is 28.4 Å². The third-order valence-electron chi connectivity index (χ3n) is 5.22. The Morgan fingerprint density at radius 1 is 0.433 bits per heavy atom. The van der Waals surface area contributed by atoms with E-state index in [2.05, 4.69) is 119 Å². The van der Waals surface area contributed by atoms with Crippen molar-refractivity contribution in [1.82, 2.24) is 0 Å². The lowest BCUT2D eigenvalue weighted by Crippen LogP contribution is -2.10. The Kier molecular flexibility index (Phi) is 4.89. The van der Waals surface area contributed by atoms with Gasteiger partial charge in [-0.3, -0.25) is 0 Å². The monoisotopic (exact) mass is 386 g/mol. The Morgan fingerprint density at radius 2 is 0.967 bits per heavy atom. The van der Waals surface area contributed by atoms with E-state index >= 15 is 0 Å². The molecule has 2 heteroatoms. The van der Waals surface area contributed by atoms with Crippen LogP contribution in [-0.2, 0) is 0 Å². The van der Waals surface area contributed by atoms with Crippen LogP contribution >= 0.6 is 0 Å². The minimum absolute atomic E-state index is 1.08. The van der Waals surface area contributed by atoms with Crippen molar-refractivity contribution in [2.75, 3.05) is 10.2 Å². The number of hydrogen-bond donors (Lipinski definition) is 1. The summed E-state index contributed by atoms with van der Waals surface area (Å²) in [4.78, 5) is 2.31. The van der Waals surface area contributed by atoms with Gasteiger partial charge in [0.1, 0.15) is 0 Å². The molecule has 144 valence electrons. The minimum atomic E-state index is 1.08. The topological polar surface area (TPSA) is 15.3 Å². The van der Waals surface area contributed by atoms with Crippen LogP contribution in [0.1, 0.15) is 0 Å². The van der Waals surface area contributed by atoms with Crippen LogP contribution in [-0.4, -0.2) is 0 Å². The van der Waals surface area contributed by atoms with E-state index in [-0.39, 0.29) is 0 Å². The van der Waals surface area contributed by atoms with E-state index in [4.69, 9.17) is 0 Å². The molecule has 0 bridgehead atoms. The zero-order valence-corrected chi connectivity index (χ0v) is 16.6. The Hall–Kier alpha value is -4.04. The molecule has 0 amide bonds. The summed E-state index contributed by atoms with van der Waals surface area (Å²) in [6.45, 7) is 0. The van der Waals surface area contributed by atoms with Gasteiger partial charge in [0.15, 0.2) is 0 Å². The second-order valence-corrected chi connectivity index (χ2v) is 7.18. The fourth-order valence-electron chi connectivity index (χ4n) is 3.86. The van der Waals surface area contributed by atoms with Gasteiger partial charge in [-0.2, -0.15) is 0 Å². The minimum Gasteiger partial charge on any atom is -0.355 e. The molecule has 0 aromatic heterocycles. The van der Waals surface area contributed by atoms with Gasteiger partial charge in [0, 0.05) is 33.5 Å². The quantitative estimate of drug-likeness (QED) is 0.329. The number of fused-ring (bicyclic) bond motifs is 1. The Labute approximate surface area is 177 Å². The number of hydrogen-bond acceptors (Lipinski definition) is 2. The summed E-state index contributed by atoms with van der Waals surface area (Å²) >= 11 is 0. The summed E-state index contributed by atoms with van der Waals surface area (Å²) in [6, 6.07) is 44.3. The lowest BCUT2D eigenvalue weighted by Gasteiger charge is -2.27. The zero-order chi connectivity index (χ0) is 20.2. The molecule has 0 aliphatic heterocycles. The van der Waals surface area contributed by atoms with Crippen LogP contribution in [0.25, 0.3) is 10.8 Å². The molecule has 0 aliphatic rings. The molecule has 0 aliphatic carbocycles. The molecule has 5 aromatic rings. The largest absolute Gasteiger partial charge is 0.355 e. The molecule has 0 saturated heterocycles. The van der Waals surface area contributed by atoms with Gasteiger partial charge in [-0.25, -0.2) is 0 Å². The first-order valence-electron chi connectivity index (χ1n) is 10.1. The van der Waals surface area contributed by atoms with Gasteiger partial charge in [0.05, 0.1) is 5.69 Å². The molecule has 0 heterocycles. The molecule has 0 spiro atoms. The molecule has 0 saturated carbocycles. The average molecular weight is 386 g/mol. The van der Waals surface area contributed by atoms with Crippen molar-refractivity contribution < 1.29 is 0 Å². The highest BCUT2D eigenvalue weighted by Gasteiger charge is 2.15. The number of para-hydroxylation sites is 3. The molecule has 0 unspecified atom stereocenters. The normalized spacial score (nSPS) is 10.7. The lowest BCUT2D eigenvalue weighted by molar-refractivity contribution is 1.30. The van der Waals surface area contributed by atoms with Crippen molar-refractivity contribution in [3.8, 4) is 0 Å². The number of anilines is 5. The van der Waals surface area contributed by atoms with E-state index in [1.807, 2.05) is 18.2 Å². The maximum absolute atomic E-state index is 3.57.